The number of aromatic nitrogens is 1. The minimum absolute atomic E-state index is 0.381. The van der Waals surface area contributed by atoms with E-state index in [4.69, 9.17) is 11.6 Å². The van der Waals surface area contributed by atoms with Gasteiger partial charge in [-0.3, -0.25) is 9.88 Å². The van der Waals surface area contributed by atoms with Gasteiger partial charge >= 0.3 is 0 Å². The summed E-state index contributed by atoms with van der Waals surface area (Å²) in [5.74, 6) is 0. The number of aryl methyl sites for hydroxylation is 1. The fourth-order valence-corrected chi connectivity index (χ4v) is 2.17. The molecular formula is C12H17ClN2. The zero-order valence-electron chi connectivity index (χ0n) is 9.12. The maximum Gasteiger partial charge on any atom is 0.0547 e. The third-order valence-electron chi connectivity index (χ3n) is 2.85. The van der Waals surface area contributed by atoms with Crippen molar-refractivity contribution in [1.29, 1.82) is 0 Å². The van der Waals surface area contributed by atoms with Gasteiger partial charge in [0.2, 0.25) is 0 Å². The third kappa shape index (κ3) is 3.18. The van der Waals surface area contributed by atoms with E-state index in [2.05, 4.69) is 22.0 Å². The summed E-state index contributed by atoms with van der Waals surface area (Å²) < 4.78 is 0. The fraction of sp³-hybridized carbons (Fsp3) is 0.583. The quantitative estimate of drug-likeness (QED) is 0.718. The van der Waals surface area contributed by atoms with Crippen molar-refractivity contribution in [3.8, 4) is 0 Å². The lowest BCUT2D eigenvalue weighted by Gasteiger charge is -2.28. The van der Waals surface area contributed by atoms with Gasteiger partial charge in [0.05, 0.1) is 5.69 Å². The minimum Gasteiger partial charge on any atom is -0.297 e. The van der Waals surface area contributed by atoms with Gasteiger partial charge < -0.3 is 0 Å². The number of hydrogen-bond donors (Lipinski definition) is 0. The van der Waals surface area contributed by atoms with Crippen LogP contribution in [-0.2, 0) is 6.54 Å². The molecule has 2 heterocycles. The molecule has 0 unspecified atom stereocenters. The fourth-order valence-electron chi connectivity index (χ4n) is 1.98. The van der Waals surface area contributed by atoms with E-state index >= 15 is 0 Å². The Balaban J connectivity index is 1.92. The van der Waals surface area contributed by atoms with Crippen LogP contribution in [0.15, 0.2) is 18.2 Å². The molecule has 1 fully saturated rings. The first kappa shape index (κ1) is 10.9. The van der Waals surface area contributed by atoms with Crippen LogP contribution in [0.5, 0.6) is 0 Å². The van der Waals surface area contributed by atoms with Crippen LogP contribution >= 0.6 is 11.6 Å². The van der Waals surface area contributed by atoms with Gasteiger partial charge in [0.15, 0.2) is 0 Å². The second-order valence-corrected chi connectivity index (χ2v) is 4.84. The maximum atomic E-state index is 6.07. The SMILES string of the molecule is Cc1cccc(CN2CCC(Cl)CC2)n1. The largest absolute Gasteiger partial charge is 0.297 e. The molecule has 1 saturated heterocycles. The summed E-state index contributed by atoms with van der Waals surface area (Å²) in [6.07, 6.45) is 2.21. The molecule has 0 saturated carbocycles. The van der Waals surface area contributed by atoms with Crippen molar-refractivity contribution in [2.24, 2.45) is 0 Å². The van der Waals surface area contributed by atoms with Gasteiger partial charge in [-0.15, -0.1) is 11.6 Å². The minimum atomic E-state index is 0.381. The zero-order chi connectivity index (χ0) is 10.7. The monoisotopic (exact) mass is 224 g/mol. The summed E-state index contributed by atoms with van der Waals surface area (Å²) in [5, 5.41) is 0.381. The van der Waals surface area contributed by atoms with Crippen molar-refractivity contribution in [1.82, 2.24) is 9.88 Å². The van der Waals surface area contributed by atoms with E-state index in [1.54, 1.807) is 0 Å². The Kier molecular flexibility index (Phi) is 3.60. The number of nitrogens with zero attached hydrogens (tertiary/aromatic N) is 2. The molecule has 82 valence electrons. The molecule has 1 aliphatic heterocycles. The molecule has 0 bridgehead atoms. The van der Waals surface area contributed by atoms with E-state index < -0.39 is 0 Å². The second-order valence-electron chi connectivity index (χ2n) is 4.22. The molecule has 0 amide bonds. The molecular weight excluding hydrogens is 208 g/mol. The number of piperidine rings is 1. The van der Waals surface area contributed by atoms with Crippen molar-refractivity contribution in [3.05, 3.63) is 29.6 Å². The molecule has 0 aromatic carbocycles. The first-order valence-electron chi connectivity index (χ1n) is 5.53. The van der Waals surface area contributed by atoms with Crippen LogP contribution in [0.25, 0.3) is 0 Å². The average Bonchev–Trinajstić information content (AvgIpc) is 2.22. The van der Waals surface area contributed by atoms with Crippen molar-refractivity contribution in [3.63, 3.8) is 0 Å². The highest BCUT2D eigenvalue weighted by Gasteiger charge is 2.17. The highest BCUT2D eigenvalue weighted by Crippen LogP contribution is 2.17. The molecule has 2 nitrogen and oxygen atoms in total. The van der Waals surface area contributed by atoms with Crippen LogP contribution < -0.4 is 0 Å². The van der Waals surface area contributed by atoms with E-state index in [0.717, 1.165) is 38.2 Å². The van der Waals surface area contributed by atoms with Crippen molar-refractivity contribution in [2.75, 3.05) is 13.1 Å². The highest BCUT2D eigenvalue weighted by atomic mass is 35.5. The summed E-state index contributed by atoms with van der Waals surface area (Å²) in [4.78, 5) is 6.94. The number of alkyl halides is 1. The molecule has 0 aliphatic carbocycles. The molecule has 0 spiro atoms. The normalized spacial score (nSPS) is 19.3. The predicted molar refractivity (Wildman–Crippen MR) is 63.1 cm³/mol. The molecule has 0 N–H and O–H groups in total. The van der Waals surface area contributed by atoms with Gasteiger partial charge in [0.1, 0.15) is 0 Å². The molecule has 1 aromatic rings. The Hall–Kier alpha value is -0.600. The number of pyridine rings is 1. The Morgan fingerprint density at radius 3 is 2.80 bits per heavy atom. The molecule has 0 atom stereocenters. The van der Waals surface area contributed by atoms with Crippen LogP contribution in [0.4, 0.5) is 0 Å². The van der Waals surface area contributed by atoms with Crippen molar-refractivity contribution >= 4 is 11.6 Å². The summed E-state index contributed by atoms with van der Waals surface area (Å²) in [7, 11) is 0. The standard InChI is InChI=1S/C12H17ClN2/c1-10-3-2-4-12(14-10)9-15-7-5-11(13)6-8-15/h2-4,11H,5-9H2,1H3. The van der Waals surface area contributed by atoms with Crippen LogP contribution in [0.2, 0.25) is 0 Å². The van der Waals surface area contributed by atoms with Gasteiger partial charge in [-0.25, -0.2) is 0 Å². The van der Waals surface area contributed by atoms with Gasteiger partial charge in [-0.2, -0.15) is 0 Å². The predicted octanol–water partition coefficient (Wildman–Crippen LogP) is 2.59. The number of hydrogen-bond acceptors (Lipinski definition) is 2. The third-order valence-corrected chi connectivity index (χ3v) is 3.29. The average molecular weight is 225 g/mol. The van der Waals surface area contributed by atoms with Gasteiger partial charge in [0, 0.05) is 17.6 Å². The number of halogens is 1. The van der Waals surface area contributed by atoms with Crippen molar-refractivity contribution < 1.29 is 0 Å². The number of likely N-dealkylation sites (tertiary alicyclic amines) is 1. The van der Waals surface area contributed by atoms with Crippen molar-refractivity contribution in [2.45, 2.75) is 31.7 Å². The van der Waals surface area contributed by atoms with E-state index in [0.29, 0.717) is 5.38 Å². The van der Waals surface area contributed by atoms with E-state index in [9.17, 15) is 0 Å². The molecule has 3 heteroatoms. The first-order chi connectivity index (χ1) is 7.24. The Bertz CT molecular complexity index is 319. The van der Waals surface area contributed by atoms with E-state index in [1.165, 1.54) is 5.69 Å². The van der Waals surface area contributed by atoms with Gasteiger partial charge in [0.25, 0.3) is 0 Å². The lowest BCUT2D eigenvalue weighted by atomic mass is 10.1. The Morgan fingerprint density at radius 1 is 1.40 bits per heavy atom. The zero-order valence-corrected chi connectivity index (χ0v) is 9.87. The summed E-state index contributed by atoms with van der Waals surface area (Å²) >= 11 is 6.07. The number of rotatable bonds is 2. The van der Waals surface area contributed by atoms with Gasteiger partial charge in [-0.05, 0) is 45.0 Å². The Labute approximate surface area is 96.3 Å². The first-order valence-corrected chi connectivity index (χ1v) is 5.96. The van der Waals surface area contributed by atoms with Crippen LogP contribution in [0.1, 0.15) is 24.2 Å². The molecule has 1 aromatic heterocycles. The molecule has 1 aliphatic rings. The lowest BCUT2D eigenvalue weighted by molar-refractivity contribution is 0.221. The smallest absolute Gasteiger partial charge is 0.0547 e. The second kappa shape index (κ2) is 4.95. The van der Waals surface area contributed by atoms with Crippen LogP contribution in [0.3, 0.4) is 0 Å². The summed E-state index contributed by atoms with van der Waals surface area (Å²) in [5.41, 5.74) is 2.27. The Morgan fingerprint density at radius 2 is 2.13 bits per heavy atom. The van der Waals surface area contributed by atoms with E-state index in [1.807, 2.05) is 13.0 Å². The van der Waals surface area contributed by atoms with E-state index in [-0.39, 0.29) is 0 Å². The molecule has 15 heavy (non-hydrogen) atoms. The summed E-state index contributed by atoms with van der Waals surface area (Å²) in [6.45, 7) is 5.20. The van der Waals surface area contributed by atoms with Crippen LogP contribution in [0, 0.1) is 6.92 Å². The highest BCUT2D eigenvalue weighted by molar-refractivity contribution is 6.20. The molecule has 2 rings (SSSR count). The van der Waals surface area contributed by atoms with Gasteiger partial charge in [-0.1, -0.05) is 6.07 Å². The summed E-state index contributed by atoms with van der Waals surface area (Å²) in [6, 6.07) is 6.21. The molecule has 0 radical (unpaired) electrons. The maximum absolute atomic E-state index is 6.07. The topological polar surface area (TPSA) is 16.1 Å². The van der Waals surface area contributed by atoms with Crippen LogP contribution in [-0.4, -0.2) is 28.4 Å². The lowest BCUT2D eigenvalue weighted by Crippen LogP contribution is -2.33.